The van der Waals surface area contributed by atoms with Gasteiger partial charge >= 0.3 is 0 Å². The summed E-state index contributed by atoms with van der Waals surface area (Å²) < 4.78 is 0. The Bertz CT molecular complexity index is 222. The number of rotatable bonds is 1. The fraction of sp³-hybridized carbons (Fsp3) is 0.778. The molecule has 0 fully saturated rings. The second-order valence-corrected chi connectivity index (χ2v) is 4.71. The average molecular weight is 199 g/mol. The molecule has 74 valence electrons. The number of nitrogens with zero attached hydrogens (tertiary/aromatic N) is 2. The smallest absolute Gasteiger partial charge is 0.183 e. The fourth-order valence-electron chi connectivity index (χ4n) is 0.553. The van der Waals surface area contributed by atoms with Gasteiger partial charge in [0.25, 0.3) is 0 Å². The SMILES string of the molecule is CSC(=NC(C)C(C)(C)C)NC#N. The topological polar surface area (TPSA) is 48.2 Å². The van der Waals surface area contributed by atoms with Crippen LogP contribution in [0.4, 0.5) is 0 Å². The zero-order valence-corrected chi connectivity index (χ0v) is 9.70. The Hall–Kier alpha value is -0.690. The minimum atomic E-state index is 0.137. The van der Waals surface area contributed by atoms with Crippen LogP contribution in [0.1, 0.15) is 27.7 Å². The number of amidine groups is 1. The van der Waals surface area contributed by atoms with Crippen LogP contribution in [0.3, 0.4) is 0 Å². The summed E-state index contributed by atoms with van der Waals surface area (Å²) in [6.45, 7) is 8.44. The molecule has 0 aromatic heterocycles. The van der Waals surface area contributed by atoms with Crippen LogP contribution in [0.25, 0.3) is 0 Å². The van der Waals surface area contributed by atoms with Crippen molar-refractivity contribution in [1.29, 1.82) is 5.26 Å². The predicted octanol–water partition coefficient (Wildman–Crippen LogP) is 2.21. The molecule has 0 aromatic carbocycles. The summed E-state index contributed by atoms with van der Waals surface area (Å²) in [5.74, 6) is 0. The van der Waals surface area contributed by atoms with Gasteiger partial charge in [0.15, 0.2) is 11.4 Å². The zero-order valence-electron chi connectivity index (χ0n) is 8.88. The Morgan fingerprint density at radius 1 is 1.54 bits per heavy atom. The van der Waals surface area contributed by atoms with E-state index in [4.69, 9.17) is 5.26 Å². The third-order valence-corrected chi connectivity index (χ3v) is 2.51. The second-order valence-electron chi connectivity index (χ2n) is 3.92. The molecule has 3 nitrogen and oxygen atoms in total. The lowest BCUT2D eigenvalue weighted by Crippen LogP contribution is -2.25. The van der Waals surface area contributed by atoms with Crippen LogP contribution in [0, 0.1) is 16.9 Å². The molecule has 0 aromatic rings. The van der Waals surface area contributed by atoms with Gasteiger partial charge in [-0.2, -0.15) is 5.26 Å². The molecule has 0 aliphatic heterocycles. The van der Waals surface area contributed by atoms with E-state index >= 15 is 0 Å². The highest BCUT2D eigenvalue weighted by Gasteiger charge is 2.19. The minimum absolute atomic E-state index is 0.137. The molecule has 1 unspecified atom stereocenters. The van der Waals surface area contributed by atoms with Gasteiger partial charge in [0, 0.05) is 0 Å². The molecule has 0 aliphatic carbocycles. The fourth-order valence-corrected chi connectivity index (χ4v) is 0.965. The molecule has 0 spiro atoms. The molecule has 0 rings (SSSR count). The quantitative estimate of drug-likeness (QED) is 0.305. The maximum atomic E-state index is 8.43. The molecule has 1 atom stereocenters. The van der Waals surface area contributed by atoms with E-state index in [-0.39, 0.29) is 11.5 Å². The van der Waals surface area contributed by atoms with Gasteiger partial charge in [-0.25, -0.2) is 0 Å². The lowest BCUT2D eigenvalue weighted by Gasteiger charge is -2.23. The maximum absolute atomic E-state index is 8.43. The number of hydrogen-bond acceptors (Lipinski definition) is 3. The van der Waals surface area contributed by atoms with Crippen molar-refractivity contribution in [2.24, 2.45) is 10.4 Å². The summed E-state index contributed by atoms with van der Waals surface area (Å²) in [5, 5.41) is 11.7. The Morgan fingerprint density at radius 2 is 2.08 bits per heavy atom. The van der Waals surface area contributed by atoms with Gasteiger partial charge in [0.2, 0.25) is 0 Å². The monoisotopic (exact) mass is 199 g/mol. The number of thioether (sulfide) groups is 1. The van der Waals surface area contributed by atoms with E-state index in [1.54, 1.807) is 0 Å². The van der Waals surface area contributed by atoms with Crippen molar-refractivity contribution in [2.45, 2.75) is 33.7 Å². The average Bonchev–Trinajstić information content (AvgIpc) is 2.01. The molecular weight excluding hydrogens is 182 g/mol. The van der Waals surface area contributed by atoms with Crippen molar-refractivity contribution in [1.82, 2.24) is 5.32 Å². The molecule has 0 saturated carbocycles. The van der Waals surface area contributed by atoms with Gasteiger partial charge < -0.3 is 0 Å². The van der Waals surface area contributed by atoms with Crippen molar-refractivity contribution >= 4 is 16.9 Å². The predicted molar refractivity (Wildman–Crippen MR) is 58.6 cm³/mol. The molecule has 0 aliphatic rings. The number of nitrogens with one attached hydrogen (secondary N) is 1. The highest BCUT2D eigenvalue weighted by atomic mass is 32.2. The van der Waals surface area contributed by atoms with Crippen LogP contribution >= 0.6 is 11.8 Å². The third-order valence-electron chi connectivity index (χ3n) is 1.92. The molecule has 0 saturated heterocycles. The molecule has 0 bridgehead atoms. The first kappa shape index (κ1) is 12.3. The molecule has 13 heavy (non-hydrogen) atoms. The Kier molecular flexibility index (Phi) is 4.86. The van der Waals surface area contributed by atoms with Crippen molar-refractivity contribution in [3.05, 3.63) is 0 Å². The summed E-state index contributed by atoms with van der Waals surface area (Å²) in [4.78, 5) is 4.40. The van der Waals surface area contributed by atoms with E-state index in [0.717, 1.165) is 0 Å². The Morgan fingerprint density at radius 3 is 2.38 bits per heavy atom. The first-order chi connectivity index (χ1) is 5.91. The largest absolute Gasteiger partial charge is 0.272 e. The summed E-state index contributed by atoms with van der Waals surface area (Å²) in [6.07, 6.45) is 3.78. The minimum Gasteiger partial charge on any atom is -0.272 e. The number of nitriles is 1. The van der Waals surface area contributed by atoms with E-state index in [0.29, 0.717) is 5.17 Å². The van der Waals surface area contributed by atoms with Crippen molar-refractivity contribution in [3.63, 3.8) is 0 Å². The summed E-state index contributed by atoms with van der Waals surface area (Å²) in [5.41, 5.74) is 0.137. The molecular formula is C9H17N3S. The number of aliphatic imine (C=N–C) groups is 1. The highest BCUT2D eigenvalue weighted by molar-refractivity contribution is 8.13. The van der Waals surface area contributed by atoms with E-state index < -0.39 is 0 Å². The first-order valence-corrected chi connectivity index (χ1v) is 5.41. The molecule has 0 amide bonds. The van der Waals surface area contributed by atoms with Crippen molar-refractivity contribution in [3.8, 4) is 6.19 Å². The maximum Gasteiger partial charge on any atom is 0.183 e. The van der Waals surface area contributed by atoms with Gasteiger partial charge in [-0.15, -0.1) is 0 Å². The third kappa shape index (κ3) is 4.79. The van der Waals surface area contributed by atoms with E-state index in [1.807, 2.05) is 12.4 Å². The van der Waals surface area contributed by atoms with Gasteiger partial charge in [0.05, 0.1) is 6.04 Å². The lowest BCUT2D eigenvalue weighted by atomic mass is 9.89. The van der Waals surface area contributed by atoms with Gasteiger partial charge in [-0.3, -0.25) is 10.3 Å². The molecule has 4 heteroatoms. The molecule has 1 N–H and O–H groups in total. The van der Waals surface area contributed by atoms with Crippen LogP contribution < -0.4 is 5.32 Å². The van der Waals surface area contributed by atoms with Crippen LogP contribution in [0.15, 0.2) is 4.99 Å². The van der Waals surface area contributed by atoms with Crippen LogP contribution in [0.5, 0.6) is 0 Å². The summed E-state index contributed by atoms with van der Waals surface area (Å²) >= 11 is 1.46. The van der Waals surface area contributed by atoms with E-state index in [1.165, 1.54) is 11.8 Å². The summed E-state index contributed by atoms with van der Waals surface area (Å²) in [7, 11) is 0. The van der Waals surface area contributed by atoms with Gasteiger partial charge in [-0.05, 0) is 18.6 Å². The summed E-state index contributed by atoms with van der Waals surface area (Å²) in [6, 6.07) is 0.204. The van der Waals surface area contributed by atoms with E-state index in [9.17, 15) is 0 Å². The Labute approximate surface area is 84.6 Å². The highest BCUT2D eigenvalue weighted by Crippen LogP contribution is 2.22. The van der Waals surface area contributed by atoms with Crippen LogP contribution in [-0.2, 0) is 0 Å². The second kappa shape index (κ2) is 5.13. The van der Waals surface area contributed by atoms with Gasteiger partial charge in [-0.1, -0.05) is 32.5 Å². The molecule has 0 heterocycles. The van der Waals surface area contributed by atoms with Crippen molar-refractivity contribution in [2.75, 3.05) is 6.26 Å². The first-order valence-electron chi connectivity index (χ1n) is 4.18. The number of hydrogen-bond donors (Lipinski definition) is 1. The Balaban J connectivity index is 4.43. The van der Waals surface area contributed by atoms with Gasteiger partial charge in [0.1, 0.15) is 0 Å². The van der Waals surface area contributed by atoms with Crippen LogP contribution in [0.2, 0.25) is 0 Å². The molecule has 0 radical (unpaired) electrons. The van der Waals surface area contributed by atoms with Crippen LogP contribution in [-0.4, -0.2) is 17.5 Å². The lowest BCUT2D eigenvalue weighted by molar-refractivity contribution is 0.342. The van der Waals surface area contributed by atoms with E-state index in [2.05, 4.69) is 38.0 Å². The van der Waals surface area contributed by atoms with Crippen molar-refractivity contribution < 1.29 is 0 Å². The normalized spacial score (nSPS) is 14.9. The standard InChI is InChI=1S/C9H17N3S/c1-7(9(2,3)4)12-8(13-5)11-6-10/h7H,1-5H3,(H,11,12). The zero-order chi connectivity index (χ0) is 10.5.